The Bertz CT molecular complexity index is 674. The SMILES string of the molecule is CC(=O)NO[As](=O)(OO)c1cccc(-c2ccccc2)c1. The second-order valence-corrected chi connectivity index (χ2v) is 8.14. The fraction of sp³-hybridized carbons (Fsp3) is 0.0714. The van der Waals surface area contributed by atoms with Gasteiger partial charge in [-0.05, 0) is 0 Å². The molecule has 0 fully saturated rings. The topological polar surface area (TPSA) is 84.9 Å². The first-order valence-electron chi connectivity index (χ1n) is 6.09. The molecule has 0 aliphatic heterocycles. The predicted molar refractivity (Wildman–Crippen MR) is 76.6 cm³/mol. The Balaban J connectivity index is 2.35. The molecule has 0 heterocycles. The molecule has 2 aromatic carbocycles. The van der Waals surface area contributed by atoms with Gasteiger partial charge in [0.2, 0.25) is 0 Å². The number of nitrogens with one attached hydrogen (secondary N) is 1. The molecule has 0 saturated heterocycles. The summed E-state index contributed by atoms with van der Waals surface area (Å²) >= 11 is -4.74. The minimum absolute atomic E-state index is 0.186. The van der Waals surface area contributed by atoms with Crippen LogP contribution in [0.4, 0.5) is 0 Å². The normalized spacial score (nSPS) is 13.4. The molecule has 110 valence electrons. The van der Waals surface area contributed by atoms with Crippen molar-refractivity contribution in [3.05, 3.63) is 54.6 Å². The predicted octanol–water partition coefficient (Wildman–Crippen LogP) is 1.49. The molecule has 1 unspecified atom stereocenters. The Morgan fingerprint density at radius 1 is 1.10 bits per heavy atom. The number of benzene rings is 2. The summed E-state index contributed by atoms with van der Waals surface area (Å²) in [6.07, 6.45) is 0. The molecule has 1 amide bonds. The average Bonchev–Trinajstić information content (AvgIpc) is 2.53. The molecule has 0 saturated carbocycles. The Kier molecular flexibility index (Phi) is 4.98. The molecule has 2 rings (SSSR count). The van der Waals surface area contributed by atoms with Crippen LogP contribution >= 0.6 is 0 Å². The van der Waals surface area contributed by atoms with Crippen molar-refractivity contribution in [1.29, 1.82) is 0 Å². The molecular weight excluding hydrogens is 337 g/mol. The van der Waals surface area contributed by atoms with Crippen LogP contribution in [0, 0.1) is 0 Å². The maximum absolute atomic E-state index is 12.4. The van der Waals surface area contributed by atoms with E-state index in [1.165, 1.54) is 13.0 Å². The second-order valence-electron chi connectivity index (χ2n) is 4.25. The van der Waals surface area contributed by atoms with Crippen LogP contribution in [-0.2, 0) is 16.2 Å². The summed E-state index contributed by atoms with van der Waals surface area (Å²) in [7, 11) is 0. The zero-order chi connectivity index (χ0) is 15.3. The van der Waals surface area contributed by atoms with Crippen LogP contribution < -0.4 is 9.83 Å². The van der Waals surface area contributed by atoms with E-state index in [1.54, 1.807) is 12.1 Å². The van der Waals surface area contributed by atoms with Crippen molar-refractivity contribution < 1.29 is 21.5 Å². The van der Waals surface area contributed by atoms with Crippen LogP contribution in [0.1, 0.15) is 6.92 Å². The van der Waals surface area contributed by atoms with Gasteiger partial charge in [0.05, 0.1) is 0 Å². The van der Waals surface area contributed by atoms with Gasteiger partial charge in [-0.1, -0.05) is 0 Å². The molecule has 6 nitrogen and oxygen atoms in total. The molecule has 0 aliphatic rings. The van der Waals surface area contributed by atoms with Crippen molar-refractivity contribution in [1.82, 2.24) is 5.48 Å². The zero-order valence-electron chi connectivity index (χ0n) is 11.2. The van der Waals surface area contributed by atoms with Gasteiger partial charge in [0.15, 0.2) is 0 Å². The zero-order valence-corrected chi connectivity index (χ0v) is 13.1. The van der Waals surface area contributed by atoms with Crippen molar-refractivity contribution in [2.24, 2.45) is 0 Å². The second kappa shape index (κ2) is 6.74. The van der Waals surface area contributed by atoms with Crippen LogP contribution in [0.3, 0.4) is 0 Å². The quantitative estimate of drug-likeness (QED) is 0.484. The van der Waals surface area contributed by atoms with Crippen molar-refractivity contribution in [3.63, 3.8) is 0 Å². The molecule has 7 heteroatoms. The van der Waals surface area contributed by atoms with E-state index in [-0.39, 0.29) is 4.35 Å². The first kappa shape index (κ1) is 15.5. The van der Waals surface area contributed by atoms with Gasteiger partial charge in [0, 0.05) is 0 Å². The van der Waals surface area contributed by atoms with Gasteiger partial charge < -0.3 is 0 Å². The van der Waals surface area contributed by atoms with Crippen LogP contribution in [0.25, 0.3) is 11.1 Å². The maximum atomic E-state index is 12.4. The van der Waals surface area contributed by atoms with E-state index in [0.717, 1.165) is 11.1 Å². The van der Waals surface area contributed by atoms with E-state index >= 15 is 0 Å². The van der Waals surface area contributed by atoms with E-state index < -0.39 is 20.1 Å². The molecule has 0 radical (unpaired) electrons. The number of hydrogen-bond acceptors (Lipinski definition) is 5. The molecule has 0 spiro atoms. The average molecular weight is 351 g/mol. The molecule has 2 N–H and O–H groups in total. The standard InChI is InChI=1S/C14H14AsNO5/c1-11(17)16-20-15(18,21-19)14-9-5-8-13(10-14)12-6-3-2-4-7-12/h2-10,19H,1H3,(H,16,17). The minimum atomic E-state index is -4.74. The Labute approximate surface area is 124 Å². The number of carbonyl (C=O) groups is 1. The summed E-state index contributed by atoms with van der Waals surface area (Å²) in [5.74, 6) is -0.548. The van der Waals surface area contributed by atoms with E-state index in [0.29, 0.717) is 0 Å². The van der Waals surface area contributed by atoms with Gasteiger partial charge in [0.25, 0.3) is 0 Å². The molecule has 1 atom stereocenters. The van der Waals surface area contributed by atoms with E-state index in [1.807, 2.05) is 41.9 Å². The number of amides is 1. The summed E-state index contributed by atoms with van der Waals surface area (Å²) in [4.78, 5) is 10.8. The van der Waals surface area contributed by atoms with Crippen molar-refractivity contribution in [2.75, 3.05) is 0 Å². The summed E-state index contributed by atoms with van der Waals surface area (Å²) in [6.45, 7) is 1.19. The van der Waals surface area contributed by atoms with Crippen LogP contribution in [0.2, 0.25) is 0 Å². The number of carbonyl (C=O) groups excluding carboxylic acids is 1. The van der Waals surface area contributed by atoms with Crippen LogP contribution in [0.5, 0.6) is 0 Å². The fourth-order valence-corrected chi connectivity index (χ4v) is 3.93. The molecule has 0 aromatic heterocycles. The van der Waals surface area contributed by atoms with Crippen molar-refractivity contribution >= 4 is 24.4 Å². The van der Waals surface area contributed by atoms with Crippen LogP contribution in [0.15, 0.2) is 54.6 Å². The Morgan fingerprint density at radius 3 is 2.38 bits per heavy atom. The summed E-state index contributed by atoms with van der Waals surface area (Å²) in [5.41, 5.74) is 3.64. The van der Waals surface area contributed by atoms with Gasteiger partial charge in [-0.15, -0.1) is 0 Å². The molecular formula is C14H14AsNO5. The molecule has 0 aliphatic carbocycles. The monoisotopic (exact) mass is 351 g/mol. The van der Waals surface area contributed by atoms with Gasteiger partial charge in [0.1, 0.15) is 0 Å². The third-order valence-electron chi connectivity index (χ3n) is 2.69. The summed E-state index contributed by atoms with van der Waals surface area (Å²) in [6, 6.07) is 16.0. The van der Waals surface area contributed by atoms with Gasteiger partial charge in [-0.25, -0.2) is 0 Å². The summed E-state index contributed by atoms with van der Waals surface area (Å²) < 4.78 is 21.4. The first-order chi connectivity index (χ1) is 10.0. The number of hydrogen-bond donors (Lipinski definition) is 2. The van der Waals surface area contributed by atoms with Gasteiger partial charge in [-0.3, -0.25) is 0 Å². The molecule has 21 heavy (non-hydrogen) atoms. The van der Waals surface area contributed by atoms with Crippen molar-refractivity contribution in [3.8, 4) is 11.1 Å². The first-order valence-corrected chi connectivity index (χ1v) is 9.33. The third-order valence-corrected chi connectivity index (χ3v) is 5.74. The third kappa shape index (κ3) is 3.83. The fourth-order valence-electron chi connectivity index (χ4n) is 1.73. The van der Waals surface area contributed by atoms with E-state index in [4.69, 9.17) is 9.08 Å². The number of hydroxylamine groups is 1. The van der Waals surface area contributed by atoms with Crippen molar-refractivity contribution in [2.45, 2.75) is 6.92 Å². The van der Waals surface area contributed by atoms with Crippen LogP contribution in [-0.4, -0.2) is 25.3 Å². The number of rotatable bonds is 5. The van der Waals surface area contributed by atoms with E-state index in [2.05, 4.69) is 3.88 Å². The summed E-state index contributed by atoms with van der Waals surface area (Å²) in [5, 5.41) is 8.90. The molecule has 0 bridgehead atoms. The molecule has 2 aromatic rings. The van der Waals surface area contributed by atoms with Gasteiger partial charge >= 0.3 is 124 Å². The Morgan fingerprint density at radius 2 is 1.76 bits per heavy atom. The Hall–Kier alpha value is -1.85. The van der Waals surface area contributed by atoms with E-state index in [9.17, 15) is 8.53 Å². The van der Waals surface area contributed by atoms with Gasteiger partial charge in [-0.2, -0.15) is 0 Å².